The second kappa shape index (κ2) is 9.69. The first-order chi connectivity index (χ1) is 14.4. The molecule has 0 aliphatic rings. The first kappa shape index (κ1) is 21.7. The lowest BCUT2D eigenvalue weighted by Gasteiger charge is -2.07. The molecular weight excluding hydrogens is 424 g/mol. The van der Waals surface area contributed by atoms with Crippen LogP contribution in [0.15, 0.2) is 59.4 Å². The molecule has 0 saturated carbocycles. The molecule has 2 aromatic carbocycles. The number of benzene rings is 2. The number of hydrogen-bond donors (Lipinski definition) is 2. The van der Waals surface area contributed by atoms with Gasteiger partial charge in [-0.3, -0.25) is 19.1 Å². The van der Waals surface area contributed by atoms with E-state index < -0.39 is 0 Å². The molecule has 0 saturated heterocycles. The predicted octanol–water partition coefficient (Wildman–Crippen LogP) is 3.45. The normalized spacial score (nSPS) is 10.6. The molecule has 0 aliphatic heterocycles. The Balaban J connectivity index is 1.59. The lowest BCUT2D eigenvalue weighted by atomic mass is 10.3. The molecule has 156 valence electrons. The molecule has 0 bridgehead atoms. The fourth-order valence-corrected chi connectivity index (χ4v) is 3.67. The quantitative estimate of drug-likeness (QED) is 0.584. The highest BCUT2D eigenvalue weighted by molar-refractivity contribution is 8.00. The summed E-state index contributed by atoms with van der Waals surface area (Å²) in [5.74, 6) is -0.491. The Labute approximate surface area is 183 Å². The number of rotatable bonds is 7. The molecular formula is C21H21ClN4O3S. The molecule has 7 nitrogen and oxygen atoms in total. The molecule has 3 rings (SSSR count). The second-order valence-corrected chi connectivity index (χ2v) is 7.90. The smallest absolute Gasteiger partial charge is 0.295 e. The van der Waals surface area contributed by atoms with Gasteiger partial charge in [-0.1, -0.05) is 41.9 Å². The molecule has 0 spiro atoms. The van der Waals surface area contributed by atoms with E-state index in [1.54, 1.807) is 42.9 Å². The number of thioether (sulfide) groups is 1. The number of hydrogen-bond acceptors (Lipinski definition) is 4. The lowest BCUT2D eigenvalue weighted by molar-refractivity contribution is -0.114. The molecule has 0 atom stereocenters. The van der Waals surface area contributed by atoms with Gasteiger partial charge in [-0.15, -0.1) is 11.8 Å². The Morgan fingerprint density at radius 3 is 2.23 bits per heavy atom. The van der Waals surface area contributed by atoms with E-state index >= 15 is 0 Å². The maximum atomic E-state index is 12.8. The number of amides is 2. The van der Waals surface area contributed by atoms with Crippen molar-refractivity contribution in [3.8, 4) is 5.69 Å². The standard InChI is InChI=1S/C21H21ClN4O3S/c1-14-20(21(29)26(25(14)2)15-8-4-3-5-9-15)24-19(28)13-30-12-18(27)23-17-11-7-6-10-16(17)22/h3-11H,12-13H2,1-2H3,(H,23,27)(H,24,28). The van der Waals surface area contributed by atoms with Crippen molar-refractivity contribution in [1.82, 2.24) is 9.36 Å². The van der Waals surface area contributed by atoms with Crippen molar-refractivity contribution in [1.29, 1.82) is 0 Å². The van der Waals surface area contributed by atoms with Crippen LogP contribution in [0.3, 0.4) is 0 Å². The van der Waals surface area contributed by atoms with Crippen LogP contribution in [0.25, 0.3) is 5.69 Å². The van der Waals surface area contributed by atoms with Gasteiger partial charge in [0.1, 0.15) is 5.69 Å². The first-order valence-electron chi connectivity index (χ1n) is 9.14. The van der Waals surface area contributed by atoms with Crippen molar-refractivity contribution in [2.45, 2.75) is 6.92 Å². The van der Waals surface area contributed by atoms with E-state index in [0.29, 0.717) is 22.1 Å². The summed E-state index contributed by atoms with van der Waals surface area (Å²) in [4.78, 5) is 37.2. The average molecular weight is 445 g/mol. The van der Waals surface area contributed by atoms with E-state index in [1.807, 2.05) is 30.3 Å². The largest absolute Gasteiger partial charge is 0.324 e. The van der Waals surface area contributed by atoms with Crippen LogP contribution in [0, 0.1) is 6.92 Å². The Bertz CT molecular complexity index is 1130. The lowest BCUT2D eigenvalue weighted by Crippen LogP contribution is -2.24. The van der Waals surface area contributed by atoms with Gasteiger partial charge in [0.15, 0.2) is 0 Å². The van der Waals surface area contributed by atoms with Gasteiger partial charge in [0, 0.05) is 7.05 Å². The van der Waals surface area contributed by atoms with Crippen molar-refractivity contribution in [2.24, 2.45) is 7.05 Å². The van der Waals surface area contributed by atoms with E-state index in [1.165, 1.54) is 4.68 Å². The Morgan fingerprint density at radius 1 is 0.967 bits per heavy atom. The number of para-hydroxylation sites is 2. The maximum Gasteiger partial charge on any atom is 0.295 e. The Hall–Kier alpha value is -2.97. The van der Waals surface area contributed by atoms with E-state index in [4.69, 9.17) is 11.6 Å². The molecule has 1 aromatic heterocycles. The van der Waals surface area contributed by atoms with Gasteiger partial charge in [-0.2, -0.15) is 0 Å². The van der Waals surface area contributed by atoms with Crippen LogP contribution in [0.5, 0.6) is 0 Å². The third-order valence-corrected chi connectivity index (χ3v) is 5.70. The van der Waals surface area contributed by atoms with Crippen molar-refractivity contribution in [3.63, 3.8) is 0 Å². The highest BCUT2D eigenvalue weighted by Gasteiger charge is 2.18. The summed E-state index contributed by atoms with van der Waals surface area (Å²) in [7, 11) is 1.76. The number of anilines is 2. The average Bonchev–Trinajstić information content (AvgIpc) is 2.93. The third kappa shape index (κ3) is 4.95. The summed E-state index contributed by atoms with van der Waals surface area (Å²) >= 11 is 7.16. The zero-order valence-corrected chi connectivity index (χ0v) is 18.1. The van der Waals surface area contributed by atoms with Crippen LogP contribution >= 0.6 is 23.4 Å². The van der Waals surface area contributed by atoms with E-state index in [9.17, 15) is 14.4 Å². The number of aromatic nitrogens is 2. The molecule has 1 heterocycles. The molecule has 0 aliphatic carbocycles. The van der Waals surface area contributed by atoms with Crippen LogP contribution in [0.2, 0.25) is 5.02 Å². The number of carbonyl (C=O) groups excluding carboxylic acids is 2. The predicted molar refractivity (Wildman–Crippen MR) is 122 cm³/mol. The zero-order valence-electron chi connectivity index (χ0n) is 16.5. The van der Waals surface area contributed by atoms with Gasteiger partial charge in [0.2, 0.25) is 11.8 Å². The van der Waals surface area contributed by atoms with Gasteiger partial charge in [-0.25, -0.2) is 4.68 Å². The molecule has 2 N–H and O–H groups in total. The minimum Gasteiger partial charge on any atom is -0.324 e. The minimum atomic E-state index is -0.350. The van der Waals surface area contributed by atoms with Crippen molar-refractivity contribution in [2.75, 3.05) is 22.1 Å². The summed E-state index contributed by atoms with van der Waals surface area (Å²) in [6, 6.07) is 16.1. The van der Waals surface area contributed by atoms with Crippen molar-refractivity contribution >= 4 is 46.6 Å². The molecule has 0 radical (unpaired) electrons. The summed E-state index contributed by atoms with van der Waals surface area (Å²) in [5, 5.41) is 5.82. The number of carbonyl (C=O) groups is 2. The minimum absolute atomic E-state index is 0.0368. The van der Waals surface area contributed by atoms with Gasteiger partial charge >= 0.3 is 0 Å². The third-order valence-electron chi connectivity index (χ3n) is 4.43. The fraction of sp³-hybridized carbons (Fsp3) is 0.190. The van der Waals surface area contributed by atoms with Crippen LogP contribution in [-0.4, -0.2) is 32.7 Å². The highest BCUT2D eigenvalue weighted by Crippen LogP contribution is 2.20. The first-order valence-corrected chi connectivity index (χ1v) is 10.7. The van der Waals surface area contributed by atoms with Crippen molar-refractivity contribution in [3.05, 3.63) is 75.7 Å². The highest BCUT2D eigenvalue weighted by atomic mass is 35.5. The second-order valence-electron chi connectivity index (χ2n) is 6.51. The van der Waals surface area contributed by atoms with Crippen LogP contribution < -0.4 is 16.2 Å². The van der Waals surface area contributed by atoms with E-state index in [2.05, 4.69) is 10.6 Å². The summed E-state index contributed by atoms with van der Waals surface area (Å²) in [5.41, 5.74) is 1.79. The molecule has 30 heavy (non-hydrogen) atoms. The monoisotopic (exact) mass is 444 g/mol. The van der Waals surface area contributed by atoms with Crippen molar-refractivity contribution < 1.29 is 9.59 Å². The Kier molecular flexibility index (Phi) is 7.02. The van der Waals surface area contributed by atoms with Gasteiger partial charge in [0.05, 0.1) is 33.6 Å². The van der Waals surface area contributed by atoms with Gasteiger partial charge < -0.3 is 10.6 Å². The summed E-state index contributed by atoms with van der Waals surface area (Å²) in [6.07, 6.45) is 0. The van der Waals surface area contributed by atoms with Crippen LogP contribution in [-0.2, 0) is 16.6 Å². The van der Waals surface area contributed by atoms with E-state index in [0.717, 1.165) is 11.8 Å². The number of nitrogens with one attached hydrogen (secondary N) is 2. The Morgan fingerprint density at radius 2 is 1.57 bits per heavy atom. The summed E-state index contributed by atoms with van der Waals surface area (Å²) < 4.78 is 3.19. The van der Waals surface area contributed by atoms with Gasteiger partial charge in [-0.05, 0) is 31.2 Å². The fourth-order valence-electron chi connectivity index (χ4n) is 2.87. The maximum absolute atomic E-state index is 12.8. The number of halogens is 1. The SMILES string of the molecule is Cc1c(NC(=O)CSCC(=O)Nc2ccccc2Cl)c(=O)n(-c2ccccc2)n1C. The molecule has 0 fully saturated rings. The topological polar surface area (TPSA) is 85.1 Å². The summed E-state index contributed by atoms with van der Waals surface area (Å²) in [6.45, 7) is 1.76. The molecule has 0 unspecified atom stereocenters. The zero-order chi connectivity index (χ0) is 21.7. The molecule has 9 heteroatoms. The van der Waals surface area contributed by atoms with E-state index in [-0.39, 0.29) is 34.6 Å². The van der Waals surface area contributed by atoms with Crippen LogP contribution in [0.1, 0.15) is 5.69 Å². The van der Waals surface area contributed by atoms with Gasteiger partial charge in [0.25, 0.3) is 5.56 Å². The van der Waals surface area contributed by atoms with Crippen LogP contribution in [0.4, 0.5) is 11.4 Å². The number of nitrogens with zero attached hydrogens (tertiary/aromatic N) is 2. The molecule has 2 amide bonds. The molecule has 3 aromatic rings.